The smallest absolute Gasteiger partial charge is 0.157 e. The maximum atomic E-state index is 6.02. The standard InChI is InChI=1S/C11H10Cl2N2O/c1-15-6-10(5-14-15)16-7-8-2-3-9(12)4-11(8)13/h2-6H,7H2,1H3. The third kappa shape index (κ3) is 2.68. The Kier molecular flexibility index (Phi) is 3.36. The summed E-state index contributed by atoms with van der Waals surface area (Å²) in [5.74, 6) is 0.716. The monoisotopic (exact) mass is 256 g/mol. The molecule has 0 amide bonds. The number of ether oxygens (including phenoxy) is 1. The van der Waals surface area contributed by atoms with Gasteiger partial charge in [-0.3, -0.25) is 4.68 Å². The van der Waals surface area contributed by atoms with Crippen molar-refractivity contribution in [3.63, 3.8) is 0 Å². The van der Waals surface area contributed by atoms with Crippen LogP contribution in [0.25, 0.3) is 0 Å². The molecule has 0 bridgehead atoms. The maximum absolute atomic E-state index is 6.02. The summed E-state index contributed by atoms with van der Waals surface area (Å²) in [4.78, 5) is 0. The number of aryl methyl sites for hydroxylation is 1. The summed E-state index contributed by atoms with van der Waals surface area (Å²) in [7, 11) is 1.84. The van der Waals surface area contributed by atoms with Crippen molar-refractivity contribution in [2.24, 2.45) is 7.05 Å². The zero-order valence-corrected chi connectivity index (χ0v) is 10.2. The van der Waals surface area contributed by atoms with E-state index in [0.29, 0.717) is 22.4 Å². The minimum atomic E-state index is 0.404. The molecule has 2 aromatic rings. The highest BCUT2D eigenvalue weighted by molar-refractivity contribution is 6.35. The van der Waals surface area contributed by atoms with Gasteiger partial charge in [0.15, 0.2) is 5.75 Å². The largest absolute Gasteiger partial charge is 0.486 e. The van der Waals surface area contributed by atoms with Gasteiger partial charge in [0.25, 0.3) is 0 Å². The fourth-order valence-corrected chi connectivity index (χ4v) is 1.74. The van der Waals surface area contributed by atoms with Crippen molar-refractivity contribution in [3.05, 3.63) is 46.2 Å². The molecule has 84 valence electrons. The third-order valence-corrected chi connectivity index (χ3v) is 2.68. The Balaban J connectivity index is 2.04. The Morgan fingerprint density at radius 2 is 2.19 bits per heavy atom. The summed E-state index contributed by atoms with van der Waals surface area (Å²) >= 11 is 11.8. The number of aromatic nitrogens is 2. The summed E-state index contributed by atoms with van der Waals surface area (Å²) < 4.78 is 7.20. The van der Waals surface area contributed by atoms with Crippen molar-refractivity contribution in [1.82, 2.24) is 9.78 Å². The molecule has 0 fully saturated rings. The number of rotatable bonds is 3. The molecule has 0 N–H and O–H groups in total. The maximum Gasteiger partial charge on any atom is 0.157 e. The molecule has 0 saturated carbocycles. The van der Waals surface area contributed by atoms with Crippen LogP contribution in [0.1, 0.15) is 5.56 Å². The lowest BCUT2D eigenvalue weighted by atomic mass is 10.2. The minimum absolute atomic E-state index is 0.404. The molecule has 1 aromatic heterocycles. The number of halogens is 2. The third-order valence-electron chi connectivity index (χ3n) is 2.09. The van der Waals surface area contributed by atoms with Crippen molar-refractivity contribution < 1.29 is 4.74 Å². The van der Waals surface area contributed by atoms with Crippen LogP contribution in [0.2, 0.25) is 10.0 Å². The van der Waals surface area contributed by atoms with Crippen LogP contribution in [0.15, 0.2) is 30.6 Å². The van der Waals surface area contributed by atoms with Gasteiger partial charge in [-0.05, 0) is 12.1 Å². The van der Waals surface area contributed by atoms with Crippen LogP contribution in [0.5, 0.6) is 5.75 Å². The highest BCUT2D eigenvalue weighted by Crippen LogP contribution is 2.22. The fraction of sp³-hybridized carbons (Fsp3) is 0.182. The van der Waals surface area contributed by atoms with E-state index in [9.17, 15) is 0 Å². The average molecular weight is 257 g/mol. The lowest BCUT2D eigenvalue weighted by molar-refractivity contribution is 0.306. The molecule has 0 spiro atoms. The highest BCUT2D eigenvalue weighted by Gasteiger charge is 2.03. The van der Waals surface area contributed by atoms with E-state index in [1.54, 1.807) is 29.2 Å². The molecule has 5 heteroatoms. The van der Waals surface area contributed by atoms with Gasteiger partial charge in [0.1, 0.15) is 6.61 Å². The first kappa shape index (κ1) is 11.3. The predicted octanol–water partition coefficient (Wildman–Crippen LogP) is 3.31. The molecule has 0 atom stereocenters. The van der Waals surface area contributed by atoms with Crippen molar-refractivity contribution >= 4 is 23.2 Å². The van der Waals surface area contributed by atoms with Crippen LogP contribution in [0, 0.1) is 0 Å². The molecule has 16 heavy (non-hydrogen) atoms. The number of nitrogens with zero attached hydrogens (tertiary/aromatic N) is 2. The summed E-state index contributed by atoms with van der Waals surface area (Å²) in [6.07, 6.45) is 3.45. The number of hydrogen-bond donors (Lipinski definition) is 0. The molecule has 1 aromatic carbocycles. The van der Waals surface area contributed by atoms with E-state index >= 15 is 0 Å². The van der Waals surface area contributed by atoms with Gasteiger partial charge in [0.05, 0.1) is 12.4 Å². The van der Waals surface area contributed by atoms with E-state index in [4.69, 9.17) is 27.9 Å². The summed E-state index contributed by atoms with van der Waals surface area (Å²) in [6, 6.07) is 5.33. The van der Waals surface area contributed by atoms with E-state index in [2.05, 4.69) is 5.10 Å². The summed E-state index contributed by atoms with van der Waals surface area (Å²) in [5, 5.41) is 5.23. The zero-order chi connectivity index (χ0) is 11.5. The SMILES string of the molecule is Cn1cc(OCc2ccc(Cl)cc2Cl)cn1. The molecule has 0 unspecified atom stereocenters. The Hall–Kier alpha value is -1.19. The second-order valence-electron chi connectivity index (χ2n) is 3.37. The van der Waals surface area contributed by atoms with Crippen LogP contribution in [0.4, 0.5) is 0 Å². The molecule has 0 saturated heterocycles. The van der Waals surface area contributed by atoms with Crippen LogP contribution in [-0.2, 0) is 13.7 Å². The number of hydrogen-bond acceptors (Lipinski definition) is 2. The van der Waals surface area contributed by atoms with Gasteiger partial charge in [-0.2, -0.15) is 5.10 Å². The van der Waals surface area contributed by atoms with Crippen molar-refractivity contribution in [3.8, 4) is 5.75 Å². The van der Waals surface area contributed by atoms with Gasteiger partial charge in [-0.25, -0.2) is 0 Å². The first-order valence-corrected chi connectivity index (χ1v) is 5.46. The molecule has 2 rings (SSSR count). The van der Waals surface area contributed by atoms with Gasteiger partial charge in [-0.15, -0.1) is 0 Å². The highest BCUT2D eigenvalue weighted by atomic mass is 35.5. The van der Waals surface area contributed by atoms with Crippen molar-refractivity contribution in [2.45, 2.75) is 6.61 Å². The van der Waals surface area contributed by atoms with Crippen molar-refractivity contribution in [2.75, 3.05) is 0 Å². The van der Waals surface area contributed by atoms with Crippen LogP contribution < -0.4 is 4.74 Å². The Labute approximate surface area is 104 Å². The molecule has 0 aliphatic rings. The second kappa shape index (κ2) is 4.76. The molecule has 0 aliphatic carbocycles. The molecule has 3 nitrogen and oxygen atoms in total. The Morgan fingerprint density at radius 1 is 1.38 bits per heavy atom. The van der Waals surface area contributed by atoms with Gasteiger partial charge < -0.3 is 4.74 Å². The van der Waals surface area contributed by atoms with Gasteiger partial charge in [0.2, 0.25) is 0 Å². The molecule has 1 heterocycles. The lowest BCUT2D eigenvalue weighted by Crippen LogP contribution is -1.95. The quantitative estimate of drug-likeness (QED) is 0.843. The first-order chi connectivity index (χ1) is 7.65. The van der Waals surface area contributed by atoms with E-state index in [0.717, 1.165) is 5.56 Å². The second-order valence-corrected chi connectivity index (χ2v) is 4.22. The molecule has 0 radical (unpaired) electrons. The van der Waals surface area contributed by atoms with Crippen LogP contribution in [0.3, 0.4) is 0 Å². The van der Waals surface area contributed by atoms with E-state index in [1.165, 1.54) is 0 Å². The van der Waals surface area contributed by atoms with E-state index in [-0.39, 0.29) is 0 Å². The van der Waals surface area contributed by atoms with Gasteiger partial charge in [-0.1, -0.05) is 29.3 Å². The molecular weight excluding hydrogens is 247 g/mol. The summed E-state index contributed by atoms with van der Waals surface area (Å²) in [5.41, 5.74) is 0.898. The van der Waals surface area contributed by atoms with Gasteiger partial charge >= 0.3 is 0 Å². The molecular formula is C11H10Cl2N2O. The number of benzene rings is 1. The first-order valence-electron chi connectivity index (χ1n) is 4.70. The lowest BCUT2D eigenvalue weighted by Gasteiger charge is -2.05. The predicted molar refractivity (Wildman–Crippen MR) is 64.0 cm³/mol. The average Bonchev–Trinajstić information content (AvgIpc) is 2.63. The molecule has 0 aliphatic heterocycles. The Morgan fingerprint density at radius 3 is 2.81 bits per heavy atom. The minimum Gasteiger partial charge on any atom is -0.486 e. The zero-order valence-electron chi connectivity index (χ0n) is 8.65. The van der Waals surface area contributed by atoms with Crippen LogP contribution in [-0.4, -0.2) is 9.78 Å². The summed E-state index contributed by atoms with van der Waals surface area (Å²) in [6.45, 7) is 0.404. The normalized spacial score (nSPS) is 10.4. The fourth-order valence-electron chi connectivity index (χ4n) is 1.27. The van der Waals surface area contributed by atoms with E-state index < -0.39 is 0 Å². The Bertz CT molecular complexity index is 496. The van der Waals surface area contributed by atoms with Gasteiger partial charge in [0, 0.05) is 22.7 Å². The van der Waals surface area contributed by atoms with Crippen LogP contribution >= 0.6 is 23.2 Å². The van der Waals surface area contributed by atoms with Crippen molar-refractivity contribution in [1.29, 1.82) is 0 Å². The topological polar surface area (TPSA) is 27.1 Å². The van der Waals surface area contributed by atoms with E-state index in [1.807, 2.05) is 13.1 Å².